The van der Waals surface area contributed by atoms with Crippen molar-refractivity contribution in [2.75, 3.05) is 19.7 Å². The predicted molar refractivity (Wildman–Crippen MR) is 64.2 cm³/mol. The molecule has 0 aromatic rings. The predicted octanol–water partition coefficient (Wildman–Crippen LogP) is 1.76. The average molecular weight is 231 g/mol. The van der Waals surface area contributed by atoms with Crippen LogP contribution in [0.2, 0.25) is 0 Å². The first-order valence-electron chi connectivity index (χ1n) is 5.54. The third kappa shape index (κ3) is 4.43. The summed E-state index contributed by atoms with van der Waals surface area (Å²) in [5.74, 6) is 0.128. The minimum absolute atomic E-state index is 0.128. The van der Waals surface area contributed by atoms with Crippen LogP contribution >= 0.6 is 11.8 Å². The molecule has 1 aliphatic rings. The molecule has 2 unspecified atom stereocenters. The van der Waals surface area contributed by atoms with Gasteiger partial charge in [-0.05, 0) is 13.8 Å². The Morgan fingerprint density at radius 1 is 1.40 bits per heavy atom. The van der Waals surface area contributed by atoms with Gasteiger partial charge in [-0.1, -0.05) is 13.8 Å². The Hall–Kier alpha value is -0.220. The van der Waals surface area contributed by atoms with Gasteiger partial charge in [0.15, 0.2) is 0 Å². The summed E-state index contributed by atoms with van der Waals surface area (Å²) in [4.78, 5) is 13.7. The summed E-state index contributed by atoms with van der Waals surface area (Å²) in [6, 6.07) is 0. The second kappa shape index (κ2) is 5.75. The summed E-state index contributed by atoms with van der Waals surface area (Å²) in [6.07, 6.45) is 0.128. The molecule has 0 aliphatic carbocycles. The van der Waals surface area contributed by atoms with Crippen LogP contribution in [0.3, 0.4) is 0 Å². The molecule has 15 heavy (non-hydrogen) atoms. The van der Waals surface area contributed by atoms with Crippen molar-refractivity contribution >= 4 is 17.7 Å². The Morgan fingerprint density at radius 3 is 2.40 bits per heavy atom. The van der Waals surface area contributed by atoms with E-state index in [2.05, 4.69) is 13.8 Å². The van der Waals surface area contributed by atoms with Crippen LogP contribution in [0.1, 0.15) is 27.7 Å². The van der Waals surface area contributed by atoms with Crippen molar-refractivity contribution in [3.8, 4) is 0 Å². The van der Waals surface area contributed by atoms with Crippen LogP contribution in [-0.2, 0) is 9.53 Å². The van der Waals surface area contributed by atoms with Crippen molar-refractivity contribution in [3.63, 3.8) is 0 Å². The first-order chi connectivity index (χ1) is 6.99. The van der Waals surface area contributed by atoms with Crippen molar-refractivity contribution in [1.29, 1.82) is 0 Å². The lowest BCUT2D eigenvalue weighted by molar-refractivity contribution is -0.137. The Bertz CT molecular complexity index is 211. The number of thioether (sulfide) groups is 1. The number of carbonyl (C=O) groups is 1. The molecule has 1 fully saturated rings. The van der Waals surface area contributed by atoms with Crippen molar-refractivity contribution in [1.82, 2.24) is 4.90 Å². The third-order valence-electron chi connectivity index (χ3n) is 2.31. The lowest BCUT2D eigenvalue weighted by Crippen LogP contribution is -2.45. The third-order valence-corrected chi connectivity index (χ3v) is 3.54. The molecule has 2 atom stereocenters. The van der Waals surface area contributed by atoms with E-state index in [4.69, 9.17) is 4.74 Å². The largest absolute Gasteiger partial charge is 0.369 e. The molecule has 0 saturated carbocycles. The molecule has 1 aliphatic heterocycles. The molecule has 1 heterocycles. The highest BCUT2D eigenvalue weighted by atomic mass is 32.2. The Balaban J connectivity index is 2.38. The van der Waals surface area contributed by atoms with Gasteiger partial charge in [-0.2, -0.15) is 11.8 Å². The van der Waals surface area contributed by atoms with E-state index >= 15 is 0 Å². The zero-order valence-corrected chi connectivity index (χ0v) is 10.8. The van der Waals surface area contributed by atoms with Crippen molar-refractivity contribution < 1.29 is 9.53 Å². The Kier molecular flexibility index (Phi) is 4.93. The van der Waals surface area contributed by atoms with Gasteiger partial charge in [-0.25, -0.2) is 0 Å². The zero-order valence-electron chi connectivity index (χ0n) is 10.0. The normalized spacial score (nSPS) is 27.1. The van der Waals surface area contributed by atoms with E-state index in [1.807, 2.05) is 30.5 Å². The van der Waals surface area contributed by atoms with E-state index in [1.165, 1.54) is 0 Å². The highest BCUT2D eigenvalue weighted by Crippen LogP contribution is 2.24. The molecule has 0 N–H and O–H groups in total. The van der Waals surface area contributed by atoms with Gasteiger partial charge >= 0.3 is 0 Å². The molecule has 1 saturated heterocycles. The topological polar surface area (TPSA) is 29.5 Å². The SMILES string of the molecule is CC(C)OCC(=O)N1CC(C)SC(C)C1. The van der Waals surface area contributed by atoms with Crippen molar-refractivity contribution in [3.05, 3.63) is 0 Å². The first kappa shape index (κ1) is 12.8. The van der Waals surface area contributed by atoms with E-state index in [0.29, 0.717) is 10.5 Å². The summed E-state index contributed by atoms with van der Waals surface area (Å²) in [6.45, 7) is 10.2. The van der Waals surface area contributed by atoms with Gasteiger partial charge < -0.3 is 9.64 Å². The van der Waals surface area contributed by atoms with Gasteiger partial charge in [-0.15, -0.1) is 0 Å². The highest BCUT2D eigenvalue weighted by Gasteiger charge is 2.25. The highest BCUT2D eigenvalue weighted by molar-refractivity contribution is 8.00. The monoisotopic (exact) mass is 231 g/mol. The van der Waals surface area contributed by atoms with E-state index in [0.717, 1.165) is 13.1 Å². The van der Waals surface area contributed by atoms with E-state index in [9.17, 15) is 4.79 Å². The molecule has 1 rings (SSSR count). The number of rotatable bonds is 3. The number of carbonyl (C=O) groups excluding carboxylic acids is 1. The molecule has 0 radical (unpaired) electrons. The van der Waals surface area contributed by atoms with Gasteiger partial charge in [0.2, 0.25) is 5.91 Å². The molecule has 0 aromatic carbocycles. The van der Waals surface area contributed by atoms with Gasteiger partial charge in [-0.3, -0.25) is 4.79 Å². The zero-order chi connectivity index (χ0) is 11.4. The number of hydrogen-bond donors (Lipinski definition) is 0. The Labute approximate surface area is 96.5 Å². The number of amides is 1. The van der Waals surface area contributed by atoms with Crippen LogP contribution in [0.5, 0.6) is 0 Å². The standard InChI is InChI=1S/C11H21NO2S/c1-8(2)14-7-11(13)12-5-9(3)15-10(4)6-12/h8-10H,5-7H2,1-4H3. The average Bonchev–Trinajstić information content (AvgIpc) is 2.12. The van der Waals surface area contributed by atoms with Gasteiger partial charge in [0.25, 0.3) is 0 Å². The van der Waals surface area contributed by atoms with Crippen molar-refractivity contribution in [2.45, 2.75) is 44.3 Å². The molecule has 0 spiro atoms. The molecular formula is C11H21NO2S. The fraction of sp³-hybridized carbons (Fsp3) is 0.909. The lowest BCUT2D eigenvalue weighted by Gasteiger charge is -2.34. The summed E-state index contributed by atoms with van der Waals surface area (Å²) < 4.78 is 5.33. The van der Waals surface area contributed by atoms with Crippen LogP contribution in [0.15, 0.2) is 0 Å². The van der Waals surface area contributed by atoms with E-state index in [1.54, 1.807) is 0 Å². The minimum Gasteiger partial charge on any atom is -0.369 e. The second-order valence-corrected chi connectivity index (χ2v) is 6.30. The van der Waals surface area contributed by atoms with Crippen LogP contribution in [0.4, 0.5) is 0 Å². The fourth-order valence-electron chi connectivity index (χ4n) is 1.71. The molecular weight excluding hydrogens is 210 g/mol. The maximum atomic E-state index is 11.8. The summed E-state index contributed by atoms with van der Waals surface area (Å²) in [7, 11) is 0. The van der Waals surface area contributed by atoms with Crippen LogP contribution < -0.4 is 0 Å². The Morgan fingerprint density at radius 2 is 1.93 bits per heavy atom. The van der Waals surface area contributed by atoms with E-state index in [-0.39, 0.29) is 18.6 Å². The summed E-state index contributed by atoms with van der Waals surface area (Å²) >= 11 is 1.95. The molecule has 3 nitrogen and oxygen atoms in total. The molecule has 1 amide bonds. The van der Waals surface area contributed by atoms with Crippen LogP contribution in [-0.4, -0.2) is 47.1 Å². The summed E-state index contributed by atoms with van der Waals surface area (Å²) in [5, 5.41) is 1.08. The van der Waals surface area contributed by atoms with E-state index < -0.39 is 0 Å². The summed E-state index contributed by atoms with van der Waals surface area (Å²) in [5.41, 5.74) is 0. The fourth-order valence-corrected chi connectivity index (χ4v) is 3.04. The van der Waals surface area contributed by atoms with Gasteiger partial charge in [0, 0.05) is 23.6 Å². The molecule has 4 heteroatoms. The van der Waals surface area contributed by atoms with Gasteiger partial charge in [0.05, 0.1) is 6.10 Å². The molecule has 0 bridgehead atoms. The van der Waals surface area contributed by atoms with Crippen LogP contribution in [0.25, 0.3) is 0 Å². The second-order valence-electron chi connectivity index (χ2n) is 4.42. The molecule has 0 aromatic heterocycles. The van der Waals surface area contributed by atoms with Crippen molar-refractivity contribution in [2.24, 2.45) is 0 Å². The molecule has 88 valence electrons. The van der Waals surface area contributed by atoms with Crippen LogP contribution in [0, 0.1) is 0 Å². The maximum absolute atomic E-state index is 11.8. The van der Waals surface area contributed by atoms with Gasteiger partial charge in [0.1, 0.15) is 6.61 Å². The number of ether oxygens (including phenoxy) is 1. The smallest absolute Gasteiger partial charge is 0.248 e. The minimum atomic E-state index is 0.128. The number of nitrogens with zero attached hydrogens (tertiary/aromatic N) is 1. The maximum Gasteiger partial charge on any atom is 0.248 e. The lowest BCUT2D eigenvalue weighted by atomic mass is 10.3. The number of hydrogen-bond acceptors (Lipinski definition) is 3. The quantitative estimate of drug-likeness (QED) is 0.741. The first-order valence-corrected chi connectivity index (χ1v) is 6.48.